The number of ketones is 2. The number of carbonyl (C=O) groups is 6. The van der Waals surface area contributed by atoms with Gasteiger partial charge in [0.15, 0.2) is 12.4 Å². The predicted octanol–water partition coefficient (Wildman–Crippen LogP) is 0.815. The Labute approximate surface area is 268 Å². The van der Waals surface area contributed by atoms with Crippen LogP contribution in [0.2, 0.25) is 0 Å². The maximum atomic E-state index is 13.5. The summed E-state index contributed by atoms with van der Waals surface area (Å²) in [5.74, 6) is -4.76. The van der Waals surface area contributed by atoms with Gasteiger partial charge in [-0.15, -0.1) is 0 Å². The van der Waals surface area contributed by atoms with Crippen molar-refractivity contribution in [1.29, 1.82) is 0 Å². The third kappa shape index (κ3) is 6.50. The number of carboxylic acids is 1. The molecule has 0 radical (unpaired) electrons. The average Bonchev–Trinajstić information content (AvgIpc) is 3.26. The molecule has 3 fully saturated rings. The predicted molar refractivity (Wildman–Crippen MR) is 162 cm³/mol. The van der Waals surface area contributed by atoms with E-state index in [2.05, 4.69) is 17.6 Å². The number of amides is 2. The van der Waals surface area contributed by atoms with Crippen LogP contribution in [0.4, 0.5) is 0 Å². The van der Waals surface area contributed by atoms with Gasteiger partial charge in [0.1, 0.15) is 17.7 Å². The lowest BCUT2D eigenvalue weighted by atomic mass is 9.45. The number of hydrogen-bond donors (Lipinski definition) is 6. The molecule has 9 atom stereocenters. The van der Waals surface area contributed by atoms with E-state index in [1.807, 2.05) is 6.92 Å². The summed E-state index contributed by atoms with van der Waals surface area (Å²) < 4.78 is 5.18. The highest BCUT2D eigenvalue weighted by molar-refractivity contribution is 5.93. The summed E-state index contributed by atoms with van der Waals surface area (Å²) in [6, 6.07) is -2.66. The smallest absolute Gasteiger partial charge is 0.328 e. The molecule has 0 aromatic carbocycles. The zero-order valence-electron chi connectivity index (χ0n) is 27.0. The standard InChI is InChI=1S/C33H48N2O11/c1-17(2)28(29(42)34-22(15-36)30(43)44)35-25(40)7-8-26(41)46-16-24(39)33(45)12-10-21-20-6-5-18-13-19(37)9-11-31(18,3)27(20)23(38)14-32(21,33)4/h13,17,20-23,27-28,36,38,45H,5-12,14-16H2,1-4H3,(H,34,42)(H,35,40)(H,43,44)/t20-,21-,22-,23+,27+,28+,31-,32-,33-/m0/s1. The lowest BCUT2D eigenvalue weighted by Crippen LogP contribution is -2.62. The van der Waals surface area contributed by atoms with Gasteiger partial charge in [-0.3, -0.25) is 24.0 Å². The number of nitrogens with one attached hydrogen (secondary N) is 2. The molecule has 0 saturated heterocycles. The molecule has 0 heterocycles. The summed E-state index contributed by atoms with van der Waals surface area (Å²) in [4.78, 5) is 74.2. The van der Waals surface area contributed by atoms with E-state index >= 15 is 0 Å². The Hall–Kier alpha value is -3.16. The Kier molecular flexibility index (Phi) is 10.5. The largest absolute Gasteiger partial charge is 0.480 e. The van der Waals surface area contributed by atoms with Crippen LogP contribution in [0.15, 0.2) is 11.6 Å². The summed E-state index contributed by atoms with van der Waals surface area (Å²) in [5.41, 5.74) is -1.94. The first-order valence-corrected chi connectivity index (χ1v) is 16.2. The molecule has 4 aliphatic rings. The van der Waals surface area contributed by atoms with Gasteiger partial charge >= 0.3 is 11.9 Å². The van der Waals surface area contributed by atoms with Crippen LogP contribution in [0.1, 0.15) is 85.5 Å². The number of esters is 1. The summed E-state index contributed by atoms with van der Waals surface area (Å²) in [6.45, 7) is 5.71. The normalized spacial score (nSPS) is 34.7. The van der Waals surface area contributed by atoms with Gasteiger partial charge in [-0.05, 0) is 73.7 Å². The topological polar surface area (TPSA) is 217 Å². The maximum absolute atomic E-state index is 13.5. The number of aliphatic carboxylic acids is 1. The Morgan fingerprint density at radius 2 is 1.74 bits per heavy atom. The molecule has 46 heavy (non-hydrogen) atoms. The highest BCUT2D eigenvalue weighted by atomic mass is 16.5. The number of rotatable bonds is 12. The monoisotopic (exact) mass is 648 g/mol. The molecule has 3 saturated carbocycles. The number of aliphatic hydroxyl groups is 3. The molecule has 6 N–H and O–H groups in total. The maximum Gasteiger partial charge on any atom is 0.328 e. The third-order valence-electron chi connectivity index (χ3n) is 11.5. The second kappa shape index (κ2) is 13.5. The number of Topliss-reactive ketones (excluding diaryl/α,β-unsaturated/α-hetero) is 1. The van der Waals surface area contributed by atoms with Crippen LogP contribution in [0.5, 0.6) is 0 Å². The highest BCUT2D eigenvalue weighted by Crippen LogP contribution is 2.67. The van der Waals surface area contributed by atoms with Crippen molar-refractivity contribution in [1.82, 2.24) is 10.6 Å². The van der Waals surface area contributed by atoms with E-state index in [4.69, 9.17) is 14.9 Å². The zero-order valence-corrected chi connectivity index (χ0v) is 27.0. The molecule has 4 aliphatic carbocycles. The number of ether oxygens (including phenoxy) is 1. The van der Waals surface area contributed by atoms with Crippen molar-refractivity contribution >= 4 is 35.3 Å². The molecular formula is C33H48N2O11. The van der Waals surface area contributed by atoms with Crippen molar-refractivity contribution in [2.45, 2.75) is 109 Å². The van der Waals surface area contributed by atoms with E-state index < -0.39 is 84.3 Å². The van der Waals surface area contributed by atoms with Gasteiger partial charge < -0.3 is 35.8 Å². The number of hydrogen-bond acceptors (Lipinski definition) is 10. The third-order valence-corrected chi connectivity index (χ3v) is 11.5. The van der Waals surface area contributed by atoms with Crippen molar-refractivity contribution in [3.05, 3.63) is 11.6 Å². The molecule has 0 bridgehead atoms. The molecule has 13 heteroatoms. The second-order valence-corrected chi connectivity index (χ2v) is 14.4. The van der Waals surface area contributed by atoms with Crippen LogP contribution in [-0.4, -0.2) is 92.7 Å². The quantitative estimate of drug-likeness (QED) is 0.163. The average molecular weight is 649 g/mol. The summed E-state index contributed by atoms with van der Waals surface area (Å²) in [5, 5.41) is 46.2. The van der Waals surface area contributed by atoms with Gasteiger partial charge in [0.05, 0.1) is 19.1 Å². The number of carboxylic acid groups (broad SMARTS) is 1. The molecule has 0 aliphatic heterocycles. The lowest BCUT2D eigenvalue weighted by Gasteiger charge is -2.60. The van der Waals surface area contributed by atoms with Crippen molar-refractivity contribution in [2.75, 3.05) is 13.2 Å². The van der Waals surface area contributed by atoms with Crippen LogP contribution in [0.3, 0.4) is 0 Å². The fraction of sp³-hybridized carbons (Fsp3) is 0.758. The van der Waals surface area contributed by atoms with Gasteiger partial charge in [0.25, 0.3) is 0 Å². The summed E-state index contributed by atoms with van der Waals surface area (Å²) in [7, 11) is 0. The molecule has 13 nitrogen and oxygen atoms in total. The Morgan fingerprint density at radius 3 is 2.37 bits per heavy atom. The van der Waals surface area contributed by atoms with Crippen LogP contribution in [-0.2, 0) is 33.5 Å². The van der Waals surface area contributed by atoms with Crippen LogP contribution in [0.25, 0.3) is 0 Å². The molecule has 4 rings (SSSR count). The van der Waals surface area contributed by atoms with Crippen LogP contribution < -0.4 is 10.6 Å². The number of allylic oxidation sites excluding steroid dienone is 1. The van der Waals surface area contributed by atoms with E-state index in [0.29, 0.717) is 19.3 Å². The second-order valence-electron chi connectivity index (χ2n) is 14.4. The minimum Gasteiger partial charge on any atom is -0.480 e. The first-order valence-electron chi connectivity index (χ1n) is 16.2. The van der Waals surface area contributed by atoms with E-state index in [1.165, 1.54) is 0 Å². The van der Waals surface area contributed by atoms with E-state index in [-0.39, 0.29) is 48.2 Å². The van der Waals surface area contributed by atoms with Gasteiger partial charge in [-0.2, -0.15) is 0 Å². The van der Waals surface area contributed by atoms with Crippen LogP contribution in [0, 0.1) is 34.5 Å². The van der Waals surface area contributed by atoms with Crippen molar-refractivity contribution in [2.24, 2.45) is 34.5 Å². The number of aliphatic hydroxyl groups excluding tert-OH is 2. The molecule has 0 spiro atoms. The fourth-order valence-electron chi connectivity index (χ4n) is 8.93. The van der Waals surface area contributed by atoms with E-state index in [0.717, 1.165) is 18.4 Å². The first-order chi connectivity index (χ1) is 21.5. The van der Waals surface area contributed by atoms with Crippen LogP contribution >= 0.6 is 0 Å². The van der Waals surface area contributed by atoms with Gasteiger partial charge in [0, 0.05) is 18.3 Å². The number of fused-ring (bicyclic) bond motifs is 5. The minimum absolute atomic E-state index is 0.0282. The highest BCUT2D eigenvalue weighted by Gasteiger charge is 2.68. The van der Waals surface area contributed by atoms with E-state index in [1.54, 1.807) is 19.9 Å². The first kappa shape index (κ1) is 35.7. The van der Waals surface area contributed by atoms with Gasteiger partial charge in [0.2, 0.25) is 17.6 Å². The Morgan fingerprint density at radius 1 is 1.04 bits per heavy atom. The molecular weight excluding hydrogens is 600 g/mol. The molecule has 2 amide bonds. The summed E-state index contributed by atoms with van der Waals surface area (Å²) >= 11 is 0. The number of carbonyl (C=O) groups excluding carboxylic acids is 5. The van der Waals surface area contributed by atoms with Crippen molar-refractivity contribution in [3.63, 3.8) is 0 Å². The Balaban J connectivity index is 1.33. The molecule has 0 unspecified atom stereocenters. The van der Waals surface area contributed by atoms with Crippen molar-refractivity contribution in [3.8, 4) is 0 Å². The zero-order chi connectivity index (χ0) is 34.2. The van der Waals surface area contributed by atoms with Gasteiger partial charge in [-0.25, -0.2) is 4.79 Å². The van der Waals surface area contributed by atoms with Gasteiger partial charge in [-0.1, -0.05) is 33.3 Å². The SMILES string of the molecule is CC(C)[C@@H](NC(=O)CCC(=O)OCC(=O)[C@@]1(O)CC[C@H]2[C@@H]3CCC4=CC(=O)CC[C@]4(C)[C@H]3[C@H](O)C[C@@]21C)C(=O)N[C@@H](CO)C(=O)O. The molecule has 0 aromatic heterocycles. The molecule has 0 aromatic rings. The minimum atomic E-state index is -1.80. The Bertz CT molecular complexity index is 1300. The fourth-order valence-corrected chi connectivity index (χ4v) is 8.93. The lowest BCUT2D eigenvalue weighted by molar-refractivity contribution is -0.184. The molecule has 256 valence electrons. The summed E-state index contributed by atoms with van der Waals surface area (Å²) in [6.07, 6.45) is 3.81. The van der Waals surface area contributed by atoms with E-state index in [9.17, 15) is 39.0 Å². The van der Waals surface area contributed by atoms with Crippen molar-refractivity contribution < 1.29 is 53.9 Å².